The molecule has 4 heteroatoms. The Morgan fingerprint density at radius 3 is 2.56 bits per heavy atom. The summed E-state index contributed by atoms with van der Waals surface area (Å²) in [5.41, 5.74) is -0.611. The van der Waals surface area contributed by atoms with Crippen LogP contribution in [-0.4, -0.2) is 29.0 Å². The molecule has 0 saturated heterocycles. The van der Waals surface area contributed by atoms with Crippen molar-refractivity contribution >= 4 is 0 Å². The van der Waals surface area contributed by atoms with Gasteiger partial charge in [-0.3, -0.25) is 0 Å². The molecule has 2 atom stereocenters. The van der Waals surface area contributed by atoms with Gasteiger partial charge in [-0.2, -0.15) is 0 Å². The quantitative estimate of drug-likeness (QED) is 0.691. The first-order valence-electron chi connectivity index (χ1n) is 6.69. The molecule has 102 valence electrons. The van der Waals surface area contributed by atoms with Gasteiger partial charge in [0.05, 0.1) is 25.3 Å². The normalized spacial score (nSPS) is 23.3. The molecule has 0 amide bonds. The number of aliphatic hydroxyl groups excluding tert-OH is 2. The van der Waals surface area contributed by atoms with E-state index in [0.29, 0.717) is 18.9 Å². The summed E-state index contributed by atoms with van der Waals surface area (Å²) < 4.78 is 5.78. The lowest BCUT2D eigenvalue weighted by atomic mass is 9.98. The van der Waals surface area contributed by atoms with Crippen molar-refractivity contribution in [3.63, 3.8) is 0 Å². The van der Waals surface area contributed by atoms with E-state index in [2.05, 4.69) is 12.2 Å². The predicted molar refractivity (Wildman–Crippen MR) is 69.3 cm³/mol. The topological polar surface area (TPSA) is 65.6 Å². The third-order valence-corrected chi connectivity index (χ3v) is 4.08. The first kappa shape index (κ1) is 13.6. The van der Waals surface area contributed by atoms with Crippen LogP contribution in [0.3, 0.4) is 0 Å². The number of nitrogens with one attached hydrogen (secondary N) is 1. The molecule has 1 fully saturated rings. The Balaban J connectivity index is 1.91. The van der Waals surface area contributed by atoms with Crippen molar-refractivity contribution in [1.29, 1.82) is 0 Å². The molecule has 1 saturated carbocycles. The molecule has 0 spiro atoms. The lowest BCUT2D eigenvalue weighted by Crippen LogP contribution is -2.50. The maximum atomic E-state index is 9.34. The molecule has 1 aliphatic rings. The van der Waals surface area contributed by atoms with Gasteiger partial charge in [0, 0.05) is 5.92 Å². The second-order valence-electron chi connectivity index (χ2n) is 5.43. The van der Waals surface area contributed by atoms with Gasteiger partial charge >= 0.3 is 0 Å². The van der Waals surface area contributed by atoms with Gasteiger partial charge in [0.15, 0.2) is 0 Å². The first-order valence-corrected chi connectivity index (χ1v) is 6.69. The summed E-state index contributed by atoms with van der Waals surface area (Å²) in [6.07, 6.45) is 1.89. The summed E-state index contributed by atoms with van der Waals surface area (Å²) in [4.78, 5) is 0. The second kappa shape index (κ2) is 5.43. The molecule has 0 radical (unpaired) electrons. The maximum Gasteiger partial charge on any atom is 0.117 e. The van der Waals surface area contributed by atoms with Crippen LogP contribution < -0.4 is 5.32 Å². The Kier molecular flexibility index (Phi) is 4.10. The van der Waals surface area contributed by atoms with E-state index in [1.807, 2.05) is 19.1 Å². The smallest absolute Gasteiger partial charge is 0.117 e. The van der Waals surface area contributed by atoms with Gasteiger partial charge in [-0.1, -0.05) is 13.8 Å². The van der Waals surface area contributed by atoms with Crippen LogP contribution in [-0.2, 0) is 6.54 Å². The standard InChI is InChI=1S/C14H23NO3/c1-3-14(8-16,9-17)15-7-11-4-5-13(18-11)12-6-10(12)2/h4-5,10,12,15-17H,3,6-9H2,1-2H3. The minimum atomic E-state index is -0.611. The molecule has 1 heterocycles. The number of hydrogen-bond donors (Lipinski definition) is 3. The highest BCUT2D eigenvalue weighted by Gasteiger charge is 2.36. The highest BCUT2D eigenvalue weighted by Crippen LogP contribution is 2.47. The fraction of sp³-hybridized carbons (Fsp3) is 0.714. The van der Waals surface area contributed by atoms with Crippen molar-refractivity contribution in [3.8, 4) is 0 Å². The first-order chi connectivity index (χ1) is 8.64. The molecule has 0 aliphatic heterocycles. The molecular weight excluding hydrogens is 230 g/mol. The molecule has 3 N–H and O–H groups in total. The maximum absolute atomic E-state index is 9.34. The zero-order chi connectivity index (χ0) is 13.2. The van der Waals surface area contributed by atoms with Crippen LogP contribution in [0.2, 0.25) is 0 Å². The van der Waals surface area contributed by atoms with Crippen LogP contribution in [0.15, 0.2) is 16.5 Å². The van der Waals surface area contributed by atoms with Gasteiger partial charge in [0.25, 0.3) is 0 Å². The van der Waals surface area contributed by atoms with E-state index >= 15 is 0 Å². The van der Waals surface area contributed by atoms with Crippen LogP contribution in [0.4, 0.5) is 0 Å². The third kappa shape index (κ3) is 2.76. The van der Waals surface area contributed by atoms with Crippen LogP contribution in [0, 0.1) is 5.92 Å². The van der Waals surface area contributed by atoms with Gasteiger partial charge in [-0.15, -0.1) is 0 Å². The Labute approximate surface area is 108 Å². The van der Waals surface area contributed by atoms with Crippen molar-refractivity contribution in [2.45, 2.75) is 44.7 Å². The van der Waals surface area contributed by atoms with E-state index < -0.39 is 5.54 Å². The Morgan fingerprint density at radius 2 is 2.06 bits per heavy atom. The van der Waals surface area contributed by atoms with Crippen molar-refractivity contribution in [2.24, 2.45) is 5.92 Å². The van der Waals surface area contributed by atoms with Gasteiger partial charge in [-0.05, 0) is 30.9 Å². The lowest BCUT2D eigenvalue weighted by molar-refractivity contribution is 0.0847. The minimum absolute atomic E-state index is 0.0762. The predicted octanol–water partition coefficient (Wildman–Crippen LogP) is 1.63. The van der Waals surface area contributed by atoms with Gasteiger partial charge in [0.2, 0.25) is 0 Å². The van der Waals surface area contributed by atoms with E-state index in [0.717, 1.165) is 17.4 Å². The van der Waals surface area contributed by atoms with E-state index in [1.165, 1.54) is 6.42 Å². The summed E-state index contributed by atoms with van der Waals surface area (Å²) in [6.45, 7) is 4.56. The fourth-order valence-electron chi connectivity index (χ4n) is 2.19. The SMILES string of the molecule is CCC(CO)(CO)NCc1ccc(C2CC2C)o1. The lowest BCUT2D eigenvalue weighted by Gasteiger charge is -2.29. The summed E-state index contributed by atoms with van der Waals surface area (Å²) in [5.74, 6) is 3.25. The van der Waals surface area contributed by atoms with E-state index in [9.17, 15) is 10.2 Å². The third-order valence-electron chi connectivity index (χ3n) is 4.08. The monoisotopic (exact) mass is 253 g/mol. The van der Waals surface area contributed by atoms with Gasteiger partial charge in [0.1, 0.15) is 11.5 Å². The van der Waals surface area contributed by atoms with E-state index in [1.54, 1.807) is 0 Å². The van der Waals surface area contributed by atoms with Crippen LogP contribution in [0.1, 0.15) is 44.1 Å². The molecule has 0 bridgehead atoms. The number of furan rings is 1. The number of aliphatic hydroxyl groups is 2. The van der Waals surface area contributed by atoms with Crippen molar-refractivity contribution in [1.82, 2.24) is 5.32 Å². The molecular formula is C14H23NO3. The molecule has 1 aliphatic carbocycles. The summed E-state index contributed by atoms with van der Waals surface area (Å²) >= 11 is 0. The average Bonchev–Trinajstić information content (AvgIpc) is 2.94. The van der Waals surface area contributed by atoms with Crippen molar-refractivity contribution in [2.75, 3.05) is 13.2 Å². The van der Waals surface area contributed by atoms with Crippen molar-refractivity contribution < 1.29 is 14.6 Å². The molecule has 1 aromatic rings. The Morgan fingerprint density at radius 1 is 1.39 bits per heavy atom. The summed E-state index contributed by atoms with van der Waals surface area (Å²) in [7, 11) is 0. The van der Waals surface area contributed by atoms with Crippen LogP contribution in [0.25, 0.3) is 0 Å². The van der Waals surface area contributed by atoms with Gasteiger partial charge < -0.3 is 19.9 Å². The van der Waals surface area contributed by atoms with Gasteiger partial charge in [-0.25, -0.2) is 0 Å². The highest BCUT2D eigenvalue weighted by molar-refractivity contribution is 5.17. The zero-order valence-electron chi connectivity index (χ0n) is 11.1. The highest BCUT2D eigenvalue weighted by atomic mass is 16.3. The van der Waals surface area contributed by atoms with Crippen LogP contribution >= 0.6 is 0 Å². The summed E-state index contributed by atoms with van der Waals surface area (Å²) in [5, 5.41) is 21.9. The molecule has 18 heavy (non-hydrogen) atoms. The van der Waals surface area contributed by atoms with Crippen LogP contribution in [0.5, 0.6) is 0 Å². The molecule has 1 aromatic heterocycles. The zero-order valence-corrected chi connectivity index (χ0v) is 11.1. The largest absolute Gasteiger partial charge is 0.464 e. The fourth-order valence-corrected chi connectivity index (χ4v) is 2.19. The molecule has 4 nitrogen and oxygen atoms in total. The average molecular weight is 253 g/mol. The van der Waals surface area contributed by atoms with E-state index in [-0.39, 0.29) is 13.2 Å². The number of rotatable bonds is 7. The summed E-state index contributed by atoms with van der Waals surface area (Å²) in [6, 6.07) is 4.01. The minimum Gasteiger partial charge on any atom is -0.464 e. The second-order valence-corrected chi connectivity index (χ2v) is 5.43. The molecule has 0 aromatic carbocycles. The van der Waals surface area contributed by atoms with E-state index in [4.69, 9.17) is 4.42 Å². The molecule has 2 unspecified atom stereocenters. The van der Waals surface area contributed by atoms with Crippen molar-refractivity contribution in [3.05, 3.63) is 23.7 Å². The molecule has 2 rings (SSSR count). The number of hydrogen-bond acceptors (Lipinski definition) is 4. The Bertz CT molecular complexity index is 376. The Hall–Kier alpha value is -0.840.